The summed E-state index contributed by atoms with van der Waals surface area (Å²) in [6.45, 7) is 2.55. The van der Waals surface area contributed by atoms with Crippen molar-refractivity contribution in [3.8, 4) is 0 Å². The molecule has 3 heteroatoms. The highest BCUT2D eigenvalue weighted by Crippen LogP contribution is 2.25. The molecular weight excluding hydrogens is 284 g/mol. The molecule has 3 rings (SSSR count). The Morgan fingerprint density at radius 3 is 2.57 bits per heavy atom. The van der Waals surface area contributed by atoms with Crippen LogP contribution < -0.4 is 11.1 Å². The van der Waals surface area contributed by atoms with Gasteiger partial charge in [-0.2, -0.15) is 0 Å². The van der Waals surface area contributed by atoms with E-state index in [9.17, 15) is 4.79 Å². The molecule has 0 fully saturated rings. The molecule has 0 heterocycles. The zero-order valence-electron chi connectivity index (χ0n) is 13.6. The van der Waals surface area contributed by atoms with Crippen molar-refractivity contribution in [3.63, 3.8) is 0 Å². The lowest BCUT2D eigenvalue weighted by Gasteiger charge is -2.23. The first-order chi connectivity index (χ1) is 11.1. The fourth-order valence-corrected chi connectivity index (χ4v) is 3.19. The van der Waals surface area contributed by atoms with Gasteiger partial charge in [-0.05, 0) is 48.4 Å². The molecule has 0 bridgehead atoms. The minimum absolute atomic E-state index is 0.0425. The Labute approximate surface area is 137 Å². The number of aryl methyl sites for hydroxylation is 1. The molecule has 2 unspecified atom stereocenters. The van der Waals surface area contributed by atoms with Crippen LogP contribution in [0.25, 0.3) is 0 Å². The zero-order valence-corrected chi connectivity index (χ0v) is 13.6. The molecule has 3 nitrogen and oxygen atoms in total. The lowest BCUT2D eigenvalue weighted by Crippen LogP contribution is -2.33. The number of hydrogen-bond donors (Lipinski definition) is 2. The number of hydrogen-bond acceptors (Lipinski definition) is 2. The minimum atomic E-state index is 0.0425. The number of rotatable bonds is 4. The summed E-state index contributed by atoms with van der Waals surface area (Å²) < 4.78 is 0. The van der Waals surface area contributed by atoms with Crippen LogP contribution in [-0.4, -0.2) is 5.91 Å². The number of benzene rings is 2. The highest BCUT2D eigenvalue weighted by atomic mass is 16.1. The topological polar surface area (TPSA) is 55.1 Å². The molecule has 23 heavy (non-hydrogen) atoms. The van der Waals surface area contributed by atoms with E-state index in [-0.39, 0.29) is 17.9 Å². The van der Waals surface area contributed by atoms with Gasteiger partial charge in [0.2, 0.25) is 5.91 Å². The molecule has 0 saturated carbocycles. The molecule has 120 valence electrons. The van der Waals surface area contributed by atoms with Crippen molar-refractivity contribution in [1.82, 2.24) is 5.32 Å². The van der Waals surface area contributed by atoms with Gasteiger partial charge >= 0.3 is 0 Å². The second-order valence-corrected chi connectivity index (χ2v) is 6.46. The SMILES string of the molecule is CC(N)c1ccc(CNC(=O)C2CCc3ccccc3C2)cc1. The Balaban J connectivity index is 1.56. The van der Waals surface area contributed by atoms with Gasteiger partial charge in [-0.15, -0.1) is 0 Å². The van der Waals surface area contributed by atoms with Crippen molar-refractivity contribution in [2.45, 2.75) is 38.8 Å². The summed E-state index contributed by atoms with van der Waals surface area (Å²) in [6, 6.07) is 16.6. The number of amides is 1. The maximum Gasteiger partial charge on any atom is 0.223 e. The van der Waals surface area contributed by atoms with Crippen molar-refractivity contribution in [1.29, 1.82) is 0 Å². The fraction of sp³-hybridized carbons (Fsp3) is 0.350. The first kappa shape index (κ1) is 15.8. The number of nitrogens with one attached hydrogen (secondary N) is 1. The van der Waals surface area contributed by atoms with Crippen LogP contribution in [0.3, 0.4) is 0 Å². The summed E-state index contributed by atoms with van der Waals surface area (Å²) in [5, 5.41) is 3.08. The summed E-state index contributed by atoms with van der Waals surface area (Å²) in [5.74, 6) is 0.254. The summed E-state index contributed by atoms with van der Waals surface area (Å²) in [5.41, 5.74) is 10.8. The van der Waals surface area contributed by atoms with Crippen molar-refractivity contribution in [3.05, 3.63) is 70.8 Å². The van der Waals surface area contributed by atoms with Gasteiger partial charge in [-0.25, -0.2) is 0 Å². The maximum atomic E-state index is 12.4. The summed E-state index contributed by atoms with van der Waals surface area (Å²) >= 11 is 0. The minimum Gasteiger partial charge on any atom is -0.352 e. The number of fused-ring (bicyclic) bond motifs is 1. The van der Waals surface area contributed by atoms with E-state index in [0.717, 1.165) is 30.4 Å². The van der Waals surface area contributed by atoms with Crippen molar-refractivity contribution in [2.24, 2.45) is 11.7 Å². The molecule has 2 atom stereocenters. The van der Waals surface area contributed by atoms with Gasteiger partial charge in [-0.3, -0.25) is 4.79 Å². The maximum absolute atomic E-state index is 12.4. The first-order valence-corrected chi connectivity index (χ1v) is 8.32. The average molecular weight is 308 g/mol. The highest BCUT2D eigenvalue weighted by molar-refractivity contribution is 5.79. The normalized spacial score (nSPS) is 18.1. The lowest BCUT2D eigenvalue weighted by molar-refractivity contribution is -0.125. The molecule has 2 aromatic rings. The van der Waals surface area contributed by atoms with E-state index in [2.05, 4.69) is 29.6 Å². The van der Waals surface area contributed by atoms with Crippen LogP contribution in [0.2, 0.25) is 0 Å². The molecule has 0 aromatic heterocycles. The van der Waals surface area contributed by atoms with Crippen LogP contribution >= 0.6 is 0 Å². The second-order valence-electron chi connectivity index (χ2n) is 6.46. The molecular formula is C20H24N2O. The summed E-state index contributed by atoms with van der Waals surface area (Å²) in [4.78, 5) is 12.4. The standard InChI is InChI=1S/C20H24N2O/c1-14(21)16-8-6-15(7-9-16)13-22-20(23)19-11-10-17-4-2-3-5-18(17)12-19/h2-9,14,19H,10-13,21H2,1H3,(H,22,23). The number of carbonyl (C=O) groups excluding carboxylic acids is 1. The Morgan fingerprint density at radius 1 is 1.17 bits per heavy atom. The third-order valence-corrected chi connectivity index (χ3v) is 4.69. The average Bonchev–Trinajstić information content (AvgIpc) is 2.59. The molecule has 3 N–H and O–H groups in total. The van der Waals surface area contributed by atoms with Gasteiger partial charge in [0.25, 0.3) is 0 Å². The molecule has 0 spiro atoms. The van der Waals surface area contributed by atoms with Crippen LogP contribution in [-0.2, 0) is 24.2 Å². The zero-order chi connectivity index (χ0) is 16.2. The predicted octanol–water partition coefficient (Wildman–Crippen LogP) is 3.13. The van der Waals surface area contributed by atoms with E-state index in [1.807, 2.05) is 31.2 Å². The Morgan fingerprint density at radius 2 is 1.87 bits per heavy atom. The van der Waals surface area contributed by atoms with Gasteiger partial charge in [0.05, 0.1) is 0 Å². The summed E-state index contributed by atoms with van der Waals surface area (Å²) in [7, 11) is 0. The molecule has 0 saturated heterocycles. The smallest absolute Gasteiger partial charge is 0.223 e. The fourth-order valence-electron chi connectivity index (χ4n) is 3.19. The molecule has 1 aliphatic carbocycles. The molecule has 2 aromatic carbocycles. The van der Waals surface area contributed by atoms with Crippen molar-refractivity contribution in [2.75, 3.05) is 0 Å². The Hall–Kier alpha value is -2.13. The Bertz CT molecular complexity index is 676. The predicted molar refractivity (Wildman–Crippen MR) is 92.8 cm³/mol. The molecule has 0 aliphatic heterocycles. The van der Waals surface area contributed by atoms with Crippen LogP contribution in [0.15, 0.2) is 48.5 Å². The van der Waals surface area contributed by atoms with Crippen LogP contribution in [0.1, 0.15) is 41.6 Å². The molecule has 1 amide bonds. The van der Waals surface area contributed by atoms with Crippen LogP contribution in [0.4, 0.5) is 0 Å². The lowest BCUT2D eigenvalue weighted by atomic mass is 9.83. The van der Waals surface area contributed by atoms with E-state index in [1.165, 1.54) is 11.1 Å². The summed E-state index contributed by atoms with van der Waals surface area (Å²) in [6.07, 6.45) is 2.79. The third kappa shape index (κ3) is 3.80. The van der Waals surface area contributed by atoms with Crippen LogP contribution in [0.5, 0.6) is 0 Å². The van der Waals surface area contributed by atoms with E-state index in [1.54, 1.807) is 0 Å². The van der Waals surface area contributed by atoms with Crippen molar-refractivity contribution >= 4 is 5.91 Å². The van der Waals surface area contributed by atoms with E-state index >= 15 is 0 Å². The quantitative estimate of drug-likeness (QED) is 0.912. The van der Waals surface area contributed by atoms with Crippen molar-refractivity contribution < 1.29 is 4.79 Å². The monoisotopic (exact) mass is 308 g/mol. The molecule has 0 radical (unpaired) electrons. The van der Waals surface area contributed by atoms with Gasteiger partial charge in [0, 0.05) is 18.5 Å². The van der Waals surface area contributed by atoms with Gasteiger partial charge in [0.15, 0.2) is 0 Å². The number of carbonyl (C=O) groups is 1. The third-order valence-electron chi connectivity index (χ3n) is 4.69. The highest BCUT2D eigenvalue weighted by Gasteiger charge is 2.24. The number of nitrogens with two attached hydrogens (primary N) is 1. The molecule has 1 aliphatic rings. The van der Waals surface area contributed by atoms with Crippen LogP contribution in [0, 0.1) is 5.92 Å². The van der Waals surface area contributed by atoms with Gasteiger partial charge < -0.3 is 11.1 Å². The van der Waals surface area contributed by atoms with E-state index in [0.29, 0.717) is 6.54 Å². The largest absolute Gasteiger partial charge is 0.352 e. The first-order valence-electron chi connectivity index (χ1n) is 8.32. The second kappa shape index (κ2) is 6.97. The van der Waals surface area contributed by atoms with E-state index < -0.39 is 0 Å². The van der Waals surface area contributed by atoms with E-state index in [4.69, 9.17) is 5.73 Å². The van der Waals surface area contributed by atoms with Gasteiger partial charge in [0.1, 0.15) is 0 Å². The Kier molecular flexibility index (Phi) is 4.77. The van der Waals surface area contributed by atoms with Gasteiger partial charge in [-0.1, -0.05) is 48.5 Å².